The molecule has 5 heteroatoms. The number of benzene rings is 1. The van der Waals surface area contributed by atoms with E-state index in [0.717, 1.165) is 5.56 Å². The van der Waals surface area contributed by atoms with E-state index in [2.05, 4.69) is 10.3 Å². The van der Waals surface area contributed by atoms with Gasteiger partial charge in [-0.15, -0.1) is 0 Å². The molecular weight excluding hydrogens is 250 g/mol. The van der Waals surface area contributed by atoms with E-state index in [4.69, 9.17) is 17.3 Å². The van der Waals surface area contributed by atoms with Crippen molar-refractivity contribution >= 4 is 23.2 Å². The minimum absolute atomic E-state index is 0.255. The number of nitrogens with two attached hydrogens (primary N) is 1. The number of rotatable bonds is 3. The van der Waals surface area contributed by atoms with Crippen molar-refractivity contribution in [3.63, 3.8) is 0 Å². The molecule has 0 radical (unpaired) electrons. The number of amides is 1. The highest BCUT2D eigenvalue weighted by Gasteiger charge is 2.07. The van der Waals surface area contributed by atoms with Crippen molar-refractivity contribution in [1.82, 2.24) is 10.3 Å². The van der Waals surface area contributed by atoms with Gasteiger partial charge in [0.1, 0.15) is 5.69 Å². The van der Waals surface area contributed by atoms with Crippen LogP contribution in [0.4, 0.5) is 5.69 Å². The Balaban J connectivity index is 2.01. The number of hydrogen-bond acceptors (Lipinski definition) is 3. The van der Waals surface area contributed by atoms with Crippen LogP contribution in [0.1, 0.15) is 16.1 Å². The molecule has 3 N–H and O–H groups in total. The molecule has 0 saturated carbocycles. The van der Waals surface area contributed by atoms with Gasteiger partial charge in [-0.2, -0.15) is 0 Å². The molecule has 0 aliphatic rings. The molecule has 1 aromatic heterocycles. The molecule has 0 fully saturated rings. The van der Waals surface area contributed by atoms with Crippen molar-refractivity contribution in [1.29, 1.82) is 0 Å². The summed E-state index contributed by atoms with van der Waals surface area (Å²) >= 11 is 5.99. The van der Waals surface area contributed by atoms with Gasteiger partial charge in [-0.05, 0) is 23.8 Å². The van der Waals surface area contributed by atoms with Crippen LogP contribution in [0.5, 0.6) is 0 Å². The average molecular weight is 262 g/mol. The van der Waals surface area contributed by atoms with Crippen LogP contribution in [-0.4, -0.2) is 10.9 Å². The number of halogens is 1. The molecule has 0 spiro atoms. The fourth-order valence-electron chi connectivity index (χ4n) is 1.45. The number of carbonyl (C=O) groups is 1. The second kappa shape index (κ2) is 5.51. The van der Waals surface area contributed by atoms with Gasteiger partial charge in [0, 0.05) is 11.6 Å². The summed E-state index contributed by atoms with van der Waals surface area (Å²) in [5.41, 5.74) is 7.22. The van der Waals surface area contributed by atoms with E-state index in [-0.39, 0.29) is 5.91 Å². The Kier molecular flexibility index (Phi) is 3.79. The minimum atomic E-state index is -0.255. The third kappa shape index (κ3) is 2.99. The van der Waals surface area contributed by atoms with Crippen LogP contribution in [0, 0.1) is 0 Å². The molecular formula is C13H12ClN3O. The van der Waals surface area contributed by atoms with E-state index in [0.29, 0.717) is 22.9 Å². The van der Waals surface area contributed by atoms with E-state index >= 15 is 0 Å². The molecule has 18 heavy (non-hydrogen) atoms. The molecule has 1 amide bonds. The number of hydrogen-bond donors (Lipinski definition) is 2. The Morgan fingerprint density at radius 3 is 2.72 bits per heavy atom. The lowest BCUT2D eigenvalue weighted by Crippen LogP contribution is -2.23. The first kappa shape index (κ1) is 12.4. The third-order valence-electron chi connectivity index (χ3n) is 2.42. The van der Waals surface area contributed by atoms with Crippen molar-refractivity contribution in [2.45, 2.75) is 6.54 Å². The third-order valence-corrected chi connectivity index (χ3v) is 2.78. The van der Waals surface area contributed by atoms with Gasteiger partial charge in [0.15, 0.2) is 0 Å². The van der Waals surface area contributed by atoms with Crippen molar-refractivity contribution in [3.8, 4) is 0 Å². The second-order valence-electron chi connectivity index (χ2n) is 3.75. The fraction of sp³-hybridized carbons (Fsp3) is 0.0769. The fourth-order valence-corrected chi connectivity index (χ4v) is 1.65. The summed E-state index contributed by atoms with van der Waals surface area (Å²) in [6.45, 7) is 0.366. The number of nitrogen functional groups attached to an aromatic ring is 1. The molecule has 1 aromatic carbocycles. The van der Waals surface area contributed by atoms with Crippen LogP contribution < -0.4 is 11.1 Å². The normalized spacial score (nSPS) is 10.1. The number of aromatic nitrogens is 1. The van der Waals surface area contributed by atoms with Crippen molar-refractivity contribution in [2.24, 2.45) is 0 Å². The average Bonchev–Trinajstić information content (AvgIpc) is 2.38. The lowest BCUT2D eigenvalue weighted by Gasteiger charge is -2.06. The van der Waals surface area contributed by atoms with Crippen LogP contribution in [0.2, 0.25) is 5.02 Å². The van der Waals surface area contributed by atoms with Crippen LogP contribution >= 0.6 is 11.6 Å². The summed E-state index contributed by atoms with van der Waals surface area (Å²) in [7, 11) is 0. The Morgan fingerprint density at radius 1 is 1.28 bits per heavy atom. The van der Waals surface area contributed by atoms with Gasteiger partial charge in [0.05, 0.1) is 11.9 Å². The van der Waals surface area contributed by atoms with E-state index in [1.807, 2.05) is 18.2 Å². The number of anilines is 1. The van der Waals surface area contributed by atoms with E-state index in [1.165, 1.54) is 6.20 Å². The molecule has 1 heterocycles. The Hall–Kier alpha value is -2.07. The molecule has 4 nitrogen and oxygen atoms in total. The topological polar surface area (TPSA) is 68.0 Å². The first-order valence-corrected chi connectivity index (χ1v) is 5.78. The quantitative estimate of drug-likeness (QED) is 0.890. The maximum absolute atomic E-state index is 11.8. The zero-order valence-corrected chi connectivity index (χ0v) is 10.3. The highest BCUT2D eigenvalue weighted by atomic mass is 35.5. The Labute approximate surface area is 110 Å². The van der Waals surface area contributed by atoms with Gasteiger partial charge in [0.2, 0.25) is 0 Å². The van der Waals surface area contributed by atoms with Gasteiger partial charge in [-0.1, -0.05) is 29.8 Å². The number of nitrogens with one attached hydrogen (secondary N) is 1. The zero-order chi connectivity index (χ0) is 13.0. The number of carbonyl (C=O) groups excluding carboxylic acids is 1. The highest BCUT2D eigenvalue weighted by Crippen LogP contribution is 2.14. The standard InChI is InChI=1S/C13H12ClN3O/c14-11-4-2-1-3-9(11)7-17-13(18)12-6-5-10(15)8-16-12/h1-6,8H,7,15H2,(H,17,18). The molecule has 0 aliphatic heterocycles. The summed E-state index contributed by atoms with van der Waals surface area (Å²) in [6, 6.07) is 10.6. The molecule has 0 unspecified atom stereocenters. The van der Waals surface area contributed by atoms with Crippen LogP contribution in [0.3, 0.4) is 0 Å². The van der Waals surface area contributed by atoms with Crippen LogP contribution in [0.15, 0.2) is 42.6 Å². The van der Waals surface area contributed by atoms with Crippen molar-refractivity contribution in [2.75, 3.05) is 5.73 Å². The largest absolute Gasteiger partial charge is 0.397 e. The van der Waals surface area contributed by atoms with Gasteiger partial charge < -0.3 is 11.1 Å². The first-order valence-electron chi connectivity index (χ1n) is 5.40. The molecule has 0 atom stereocenters. The summed E-state index contributed by atoms with van der Waals surface area (Å²) in [4.78, 5) is 15.7. The maximum atomic E-state index is 11.8. The van der Waals surface area contributed by atoms with E-state index in [1.54, 1.807) is 18.2 Å². The number of pyridine rings is 1. The molecule has 0 aliphatic carbocycles. The van der Waals surface area contributed by atoms with Gasteiger partial charge >= 0.3 is 0 Å². The smallest absolute Gasteiger partial charge is 0.270 e. The lowest BCUT2D eigenvalue weighted by molar-refractivity contribution is 0.0946. The number of nitrogens with zero attached hydrogens (tertiary/aromatic N) is 1. The minimum Gasteiger partial charge on any atom is -0.397 e. The SMILES string of the molecule is Nc1ccc(C(=O)NCc2ccccc2Cl)nc1. The van der Waals surface area contributed by atoms with Crippen LogP contribution in [0.25, 0.3) is 0 Å². The van der Waals surface area contributed by atoms with Gasteiger partial charge in [-0.25, -0.2) is 4.98 Å². The van der Waals surface area contributed by atoms with Gasteiger partial charge in [-0.3, -0.25) is 4.79 Å². The maximum Gasteiger partial charge on any atom is 0.270 e. The highest BCUT2D eigenvalue weighted by molar-refractivity contribution is 6.31. The molecule has 92 valence electrons. The molecule has 0 saturated heterocycles. The molecule has 0 bridgehead atoms. The predicted molar refractivity (Wildman–Crippen MR) is 71.3 cm³/mol. The second-order valence-corrected chi connectivity index (χ2v) is 4.16. The summed E-state index contributed by atoms with van der Waals surface area (Å²) in [5, 5.41) is 3.38. The van der Waals surface area contributed by atoms with E-state index < -0.39 is 0 Å². The Morgan fingerprint density at radius 2 is 2.06 bits per heavy atom. The molecule has 2 aromatic rings. The Bertz CT molecular complexity index is 554. The van der Waals surface area contributed by atoms with Crippen molar-refractivity contribution < 1.29 is 4.79 Å². The van der Waals surface area contributed by atoms with E-state index in [9.17, 15) is 4.79 Å². The van der Waals surface area contributed by atoms with Gasteiger partial charge in [0.25, 0.3) is 5.91 Å². The zero-order valence-electron chi connectivity index (χ0n) is 9.56. The summed E-state index contributed by atoms with van der Waals surface area (Å²) in [5.74, 6) is -0.255. The van der Waals surface area contributed by atoms with Crippen LogP contribution in [-0.2, 0) is 6.54 Å². The monoisotopic (exact) mass is 261 g/mol. The summed E-state index contributed by atoms with van der Waals surface area (Å²) < 4.78 is 0. The first-order chi connectivity index (χ1) is 8.66. The lowest BCUT2D eigenvalue weighted by atomic mass is 10.2. The van der Waals surface area contributed by atoms with Crippen molar-refractivity contribution in [3.05, 3.63) is 58.9 Å². The predicted octanol–water partition coefficient (Wildman–Crippen LogP) is 2.25. The molecule has 2 rings (SSSR count). The summed E-state index contributed by atoms with van der Waals surface area (Å²) in [6.07, 6.45) is 1.45.